The standard InChI is InChI=1S/C15H22N2O3/c1-3-20-15(18)17-10-8-16(9-11-17)12-13-6-4-5-7-14(13)19-2/h4-7H,3,8-12H2,1-2H3. The van der Waals surface area contributed by atoms with Gasteiger partial charge >= 0.3 is 6.09 Å². The van der Waals surface area contributed by atoms with E-state index >= 15 is 0 Å². The highest BCUT2D eigenvalue weighted by atomic mass is 16.6. The second-order valence-electron chi connectivity index (χ2n) is 4.77. The van der Waals surface area contributed by atoms with Crippen molar-refractivity contribution in [1.29, 1.82) is 0 Å². The Kier molecular flexibility index (Phi) is 5.24. The maximum Gasteiger partial charge on any atom is 0.409 e. The summed E-state index contributed by atoms with van der Waals surface area (Å²) in [5.41, 5.74) is 1.18. The molecule has 2 rings (SSSR count). The van der Waals surface area contributed by atoms with E-state index in [4.69, 9.17) is 9.47 Å². The lowest BCUT2D eigenvalue weighted by atomic mass is 10.1. The Hall–Kier alpha value is -1.75. The number of para-hydroxylation sites is 1. The van der Waals surface area contributed by atoms with Gasteiger partial charge in [0.15, 0.2) is 0 Å². The molecule has 20 heavy (non-hydrogen) atoms. The first kappa shape index (κ1) is 14.7. The van der Waals surface area contributed by atoms with E-state index in [1.54, 1.807) is 12.0 Å². The molecule has 0 spiro atoms. The molecule has 1 aliphatic heterocycles. The number of ether oxygens (including phenoxy) is 2. The molecule has 0 aromatic heterocycles. The SMILES string of the molecule is CCOC(=O)N1CCN(Cc2ccccc2OC)CC1. The van der Waals surface area contributed by atoms with Gasteiger partial charge in [-0.3, -0.25) is 4.90 Å². The van der Waals surface area contributed by atoms with Crippen LogP contribution in [0.3, 0.4) is 0 Å². The third kappa shape index (κ3) is 3.63. The van der Waals surface area contributed by atoms with E-state index in [0.717, 1.165) is 25.4 Å². The van der Waals surface area contributed by atoms with Gasteiger partial charge in [-0.25, -0.2) is 4.79 Å². The molecule has 0 saturated carbocycles. The molecule has 1 aromatic carbocycles. The van der Waals surface area contributed by atoms with E-state index in [-0.39, 0.29) is 6.09 Å². The van der Waals surface area contributed by atoms with Crippen LogP contribution in [-0.4, -0.2) is 55.8 Å². The summed E-state index contributed by atoms with van der Waals surface area (Å²) in [5, 5.41) is 0. The molecule has 1 heterocycles. The molecule has 0 unspecified atom stereocenters. The van der Waals surface area contributed by atoms with Crippen LogP contribution in [0, 0.1) is 0 Å². The van der Waals surface area contributed by atoms with Crippen molar-refractivity contribution < 1.29 is 14.3 Å². The molecule has 1 aromatic rings. The number of benzene rings is 1. The zero-order valence-corrected chi connectivity index (χ0v) is 12.2. The number of piperazine rings is 1. The van der Waals surface area contributed by atoms with Gasteiger partial charge in [-0.05, 0) is 13.0 Å². The van der Waals surface area contributed by atoms with Gasteiger partial charge in [0.25, 0.3) is 0 Å². The van der Waals surface area contributed by atoms with Crippen LogP contribution in [0.1, 0.15) is 12.5 Å². The van der Waals surface area contributed by atoms with Gasteiger partial charge in [0, 0.05) is 38.3 Å². The molecule has 0 aliphatic carbocycles. The van der Waals surface area contributed by atoms with Crippen LogP contribution in [0.4, 0.5) is 4.79 Å². The number of nitrogens with zero attached hydrogens (tertiary/aromatic N) is 2. The van der Waals surface area contributed by atoms with E-state index in [1.807, 2.05) is 25.1 Å². The van der Waals surface area contributed by atoms with Crippen LogP contribution in [0.25, 0.3) is 0 Å². The fourth-order valence-electron chi connectivity index (χ4n) is 2.38. The van der Waals surface area contributed by atoms with Crippen molar-refractivity contribution in [2.75, 3.05) is 39.9 Å². The van der Waals surface area contributed by atoms with Crippen LogP contribution in [0.5, 0.6) is 5.75 Å². The van der Waals surface area contributed by atoms with Gasteiger partial charge in [0.05, 0.1) is 13.7 Å². The van der Waals surface area contributed by atoms with Crippen molar-refractivity contribution in [2.24, 2.45) is 0 Å². The van der Waals surface area contributed by atoms with Gasteiger partial charge in [-0.15, -0.1) is 0 Å². The predicted molar refractivity (Wildman–Crippen MR) is 76.9 cm³/mol. The highest BCUT2D eigenvalue weighted by molar-refractivity contribution is 5.67. The van der Waals surface area contributed by atoms with Gasteiger partial charge in [0.1, 0.15) is 5.75 Å². The summed E-state index contributed by atoms with van der Waals surface area (Å²) < 4.78 is 10.4. The molecule has 0 radical (unpaired) electrons. The first-order valence-electron chi connectivity index (χ1n) is 7.00. The number of carbonyl (C=O) groups excluding carboxylic acids is 1. The minimum atomic E-state index is -0.204. The van der Waals surface area contributed by atoms with Gasteiger partial charge < -0.3 is 14.4 Å². The molecule has 1 fully saturated rings. The first-order valence-corrected chi connectivity index (χ1v) is 7.00. The summed E-state index contributed by atoms with van der Waals surface area (Å²) in [5.74, 6) is 0.917. The van der Waals surface area contributed by atoms with Crippen LogP contribution in [-0.2, 0) is 11.3 Å². The van der Waals surface area contributed by atoms with E-state index in [0.29, 0.717) is 19.7 Å². The number of methoxy groups -OCH3 is 1. The quantitative estimate of drug-likeness (QED) is 0.844. The molecule has 0 N–H and O–H groups in total. The molecule has 1 amide bonds. The Morgan fingerprint density at radius 1 is 1.20 bits per heavy atom. The van der Waals surface area contributed by atoms with E-state index < -0.39 is 0 Å². The number of rotatable bonds is 4. The highest BCUT2D eigenvalue weighted by Gasteiger charge is 2.22. The topological polar surface area (TPSA) is 42.0 Å². The van der Waals surface area contributed by atoms with Crippen molar-refractivity contribution >= 4 is 6.09 Å². The largest absolute Gasteiger partial charge is 0.496 e. The molecular formula is C15H22N2O3. The fourth-order valence-corrected chi connectivity index (χ4v) is 2.38. The zero-order valence-electron chi connectivity index (χ0n) is 12.2. The normalized spacial score (nSPS) is 16.0. The summed E-state index contributed by atoms with van der Waals surface area (Å²) in [6.07, 6.45) is -0.204. The number of hydrogen-bond donors (Lipinski definition) is 0. The van der Waals surface area contributed by atoms with Crippen molar-refractivity contribution in [1.82, 2.24) is 9.80 Å². The number of hydrogen-bond acceptors (Lipinski definition) is 4. The smallest absolute Gasteiger partial charge is 0.409 e. The number of amides is 1. The highest BCUT2D eigenvalue weighted by Crippen LogP contribution is 2.19. The maximum absolute atomic E-state index is 11.6. The Morgan fingerprint density at radius 3 is 2.55 bits per heavy atom. The first-order chi connectivity index (χ1) is 9.74. The lowest BCUT2D eigenvalue weighted by Gasteiger charge is -2.34. The van der Waals surface area contributed by atoms with Crippen LogP contribution in [0.2, 0.25) is 0 Å². The summed E-state index contributed by atoms with van der Waals surface area (Å²) in [6.45, 7) is 6.26. The average Bonchev–Trinajstić information content (AvgIpc) is 2.49. The summed E-state index contributed by atoms with van der Waals surface area (Å²) >= 11 is 0. The van der Waals surface area contributed by atoms with Crippen molar-refractivity contribution in [2.45, 2.75) is 13.5 Å². The zero-order chi connectivity index (χ0) is 14.4. The third-order valence-electron chi connectivity index (χ3n) is 3.48. The number of carbonyl (C=O) groups is 1. The van der Waals surface area contributed by atoms with E-state index in [1.165, 1.54) is 5.56 Å². The molecule has 5 heteroatoms. The van der Waals surface area contributed by atoms with Crippen molar-refractivity contribution in [3.63, 3.8) is 0 Å². The van der Waals surface area contributed by atoms with Crippen LogP contribution < -0.4 is 4.74 Å². The minimum absolute atomic E-state index is 0.204. The Morgan fingerprint density at radius 2 is 1.90 bits per heavy atom. The maximum atomic E-state index is 11.6. The van der Waals surface area contributed by atoms with Gasteiger partial charge in [-0.1, -0.05) is 18.2 Å². The Labute approximate surface area is 120 Å². The van der Waals surface area contributed by atoms with Crippen molar-refractivity contribution in [3.8, 4) is 5.75 Å². The monoisotopic (exact) mass is 278 g/mol. The molecule has 0 bridgehead atoms. The second-order valence-corrected chi connectivity index (χ2v) is 4.77. The van der Waals surface area contributed by atoms with Crippen LogP contribution >= 0.6 is 0 Å². The molecule has 1 aliphatic rings. The van der Waals surface area contributed by atoms with Crippen molar-refractivity contribution in [3.05, 3.63) is 29.8 Å². The molecule has 0 atom stereocenters. The average molecular weight is 278 g/mol. The summed E-state index contributed by atoms with van der Waals surface area (Å²) in [7, 11) is 1.69. The minimum Gasteiger partial charge on any atom is -0.496 e. The van der Waals surface area contributed by atoms with E-state index in [9.17, 15) is 4.79 Å². The molecule has 5 nitrogen and oxygen atoms in total. The lowest BCUT2D eigenvalue weighted by Crippen LogP contribution is -2.48. The van der Waals surface area contributed by atoms with Gasteiger partial charge in [0.2, 0.25) is 0 Å². The summed E-state index contributed by atoms with van der Waals surface area (Å²) in [6, 6.07) is 8.05. The lowest BCUT2D eigenvalue weighted by molar-refractivity contribution is 0.0776. The fraction of sp³-hybridized carbons (Fsp3) is 0.533. The Balaban J connectivity index is 1.87. The summed E-state index contributed by atoms with van der Waals surface area (Å²) in [4.78, 5) is 15.7. The molecular weight excluding hydrogens is 256 g/mol. The second kappa shape index (κ2) is 7.14. The van der Waals surface area contributed by atoms with E-state index in [2.05, 4.69) is 11.0 Å². The molecule has 1 saturated heterocycles. The van der Waals surface area contributed by atoms with Crippen LogP contribution in [0.15, 0.2) is 24.3 Å². The van der Waals surface area contributed by atoms with Gasteiger partial charge in [-0.2, -0.15) is 0 Å². The third-order valence-corrected chi connectivity index (χ3v) is 3.48. The molecule has 110 valence electrons. The Bertz CT molecular complexity index is 442. The predicted octanol–water partition coefficient (Wildman–Crippen LogP) is 1.97.